The molecule has 1 amide bonds. The third kappa shape index (κ3) is 3.00. The summed E-state index contributed by atoms with van der Waals surface area (Å²) in [6.45, 7) is 4.42. The zero-order chi connectivity index (χ0) is 14.0. The largest absolute Gasteiger partial charge is 0.506 e. The van der Waals surface area contributed by atoms with Crippen LogP contribution in [0.4, 0.5) is 5.69 Å². The van der Waals surface area contributed by atoms with E-state index in [1.54, 1.807) is 12.1 Å². The number of nitrogens with two attached hydrogens (primary N) is 1. The highest BCUT2D eigenvalue weighted by molar-refractivity contribution is 5.95. The summed E-state index contributed by atoms with van der Waals surface area (Å²) in [6, 6.07) is 4.83. The monoisotopic (exact) mass is 262 g/mol. The Balaban J connectivity index is 2.06. The predicted octanol–water partition coefficient (Wildman–Crippen LogP) is 2.53. The molecule has 1 aromatic rings. The topological polar surface area (TPSA) is 75.4 Å². The van der Waals surface area contributed by atoms with Crippen molar-refractivity contribution in [3.63, 3.8) is 0 Å². The van der Waals surface area contributed by atoms with Crippen molar-refractivity contribution >= 4 is 11.6 Å². The number of amides is 1. The number of phenols is 1. The second-order valence-electron chi connectivity index (χ2n) is 5.62. The summed E-state index contributed by atoms with van der Waals surface area (Å²) in [7, 11) is 0. The molecular weight excluding hydrogens is 240 g/mol. The van der Waals surface area contributed by atoms with Gasteiger partial charge in [0.15, 0.2) is 0 Å². The van der Waals surface area contributed by atoms with Crippen LogP contribution in [0.3, 0.4) is 0 Å². The molecule has 1 aliphatic rings. The quantitative estimate of drug-likeness (QED) is 0.566. The SMILES string of the molecule is CC1CCCC(NC(=O)c2ccc(N)c(O)c2)C1C. The van der Waals surface area contributed by atoms with E-state index in [0.29, 0.717) is 17.4 Å². The lowest BCUT2D eigenvalue weighted by atomic mass is 9.78. The van der Waals surface area contributed by atoms with Crippen molar-refractivity contribution in [1.29, 1.82) is 0 Å². The summed E-state index contributed by atoms with van der Waals surface area (Å²) in [6.07, 6.45) is 3.41. The normalized spacial score (nSPS) is 26.9. The van der Waals surface area contributed by atoms with Crippen LogP contribution in [0.25, 0.3) is 0 Å². The van der Waals surface area contributed by atoms with Crippen molar-refractivity contribution < 1.29 is 9.90 Å². The number of phenolic OH excluding ortho intramolecular Hbond substituents is 1. The van der Waals surface area contributed by atoms with Gasteiger partial charge in [0.2, 0.25) is 0 Å². The Labute approximate surface area is 114 Å². The van der Waals surface area contributed by atoms with E-state index < -0.39 is 0 Å². The molecule has 0 aromatic heterocycles. The molecule has 0 aliphatic heterocycles. The van der Waals surface area contributed by atoms with E-state index in [-0.39, 0.29) is 23.4 Å². The average molecular weight is 262 g/mol. The number of carbonyl (C=O) groups excluding carboxylic acids is 1. The summed E-state index contributed by atoms with van der Waals surface area (Å²) in [4.78, 5) is 12.2. The van der Waals surface area contributed by atoms with Crippen LogP contribution in [-0.4, -0.2) is 17.1 Å². The Morgan fingerprint density at radius 1 is 1.37 bits per heavy atom. The molecule has 104 valence electrons. The fourth-order valence-corrected chi connectivity index (χ4v) is 2.72. The fraction of sp³-hybridized carbons (Fsp3) is 0.533. The maximum absolute atomic E-state index is 12.2. The van der Waals surface area contributed by atoms with Gasteiger partial charge in [-0.3, -0.25) is 4.79 Å². The van der Waals surface area contributed by atoms with E-state index in [1.165, 1.54) is 12.5 Å². The van der Waals surface area contributed by atoms with Crippen molar-refractivity contribution in [3.05, 3.63) is 23.8 Å². The van der Waals surface area contributed by atoms with Crippen molar-refractivity contribution in [3.8, 4) is 5.75 Å². The van der Waals surface area contributed by atoms with Crippen LogP contribution >= 0.6 is 0 Å². The lowest BCUT2D eigenvalue weighted by Crippen LogP contribution is -2.43. The molecule has 1 saturated carbocycles. The van der Waals surface area contributed by atoms with E-state index in [9.17, 15) is 9.90 Å². The highest BCUT2D eigenvalue weighted by Gasteiger charge is 2.28. The van der Waals surface area contributed by atoms with Gasteiger partial charge in [0.1, 0.15) is 5.75 Å². The molecule has 2 rings (SSSR count). The van der Waals surface area contributed by atoms with E-state index in [4.69, 9.17) is 5.73 Å². The van der Waals surface area contributed by atoms with Crippen LogP contribution in [-0.2, 0) is 0 Å². The van der Waals surface area contributed by atoms with Gasteiger partial charge < -0.3 is 16.2 Å². The minimum atomic E-state index is -0.138. The second-order valence-corrected chi connectivity index (χ2v) is 5.62. The summed E-state index contributed by atoms with van der Waals surface area (Å²) in [5.74, 6) is 0.943. The maximum atomic E-state index is 12.2. The standard InChI is InChI=1S/C15H22N2O2/c1-9-4-3-5-13(10(9)2)17-15(19)11-6-7-12(16)14(18)8-11/h6-10,13,18H,3-5,16H2,1-2H3,(H,17,19). The van der Waals surface area contributed by atoms with Gasteiger partial charge in [0.25, 0.3) is 5.91 Å². The molecule has 0 heterocycles. The highest BCUT2D eigenvalue weighted by Crippen LogP contribution is 2.30. The first-order chi connectivity index (χ1) is 8.99. The molecule has 4 heteroatoms. The molecule has 3 atom stereocenters. The molecule has 0 saturated heterocycles. The summed E-state index contributed by atoms with van der Waals surface area (Å²) in [5.41, 5.74) is 6.28. The predicted molar refractivity (Wildman–Crippen MR) is 76.0 cm³/mol. The number of anilines is 1. The van der Waals surface area contributed by atoms with Gasteiger partial charge >= 0.3 is 0 Å². The lowest BCUT2D eigenvalue weighted by molar-refractivity contribution is 0.0890. The van der Waals surface area contributed by atoms with Crippen LogP contribution < -0.4 is 11.1 Å². The summed E-state index contributed by atoms with van der Waals surface area (Å²) in [5, 5.41) is 12.6. The van der Waals surface area contributed by atoms with Crippen LogP contribution in [0.1, 0.15) is 43.5 Å². The number of hydrogen-bond donors (Lipinski definition) is 3. The first-order valence-electron chi connectivity index (χ1n) is 6.88. The van der Waals surface area contributed by atoms with Crippen LogP contribution in [0, 0.1) is 11.8 Å². The van der Waals surface area contributed by atoms with Crippen molar-refractivity contribution in [2.24, 2.45) is 11.8 Å². The molecule has 1 aromatic carbocycles. The average Bonchev–Trinajstić information content (AvgIpc) is 2.38. The van der Waals surface area contributed by atoms with Gasteiger partial charge in [-0.1, -0.05) is 26.7 Å². The molecule has 3 unspecified atom stereocenters. The number of nitrogen functional groups attached to an aromatic ring is 1. The minimum absolute atomic E-state index is 0.0438. The number of aromatic hydroxyl groups is 1. The Bertz CT molecular complexity index is 473. The summed E-state index contributed by atoms with van der Waals surface area (Å²) >= 11 is 0. The van der Waals surface area contributed by atoms with Gasteiger partial charge in [0, 0.05) is 11.6 Å². The number of nitrogens with one attached hydrogen (secondary N) is 1. The first-order valence-corrected chi connectivity index (χ1v) is 6.88. The summed E-state index contributed by atoms with van der Waals surface area (Å²) < 4.78 is 0. The third-order valence-electron chi connectivity index (χ3n) is 4.32. The molecule has 0 spiro atoms. The first kappa shape index (κ1) is 13.7. The van der Waals surface area contributed by atoms with E-state index in [1.807, 2.05) is 0 Å². The molecule has 1 aliphatic carbocycles. The molecule has 4 N–H and O–H groups in total. The van der Waals surface area contributed by atoms with Crippen LogP contribution in [0.5, 0.6) is 5.75 Å². The highest BCUT2D eigenvalue weighted by atomic mass is 16.3. The lowest BCUT2D eigenvalue weighted by Gasteiger charge is -2.34. The minimum Gasteiger partial charge on any atom is -0.506 e. The van der Waals surface area contributed by atoms with Gasteiger partial charge in [-0.2, -0.15) is 0 Å². The van der Waals surface area contributed by atoms with Crippen LogP contribution in [0.15, 0.2) is 18.2 Å². The van der Waals surface area contributed by atoms with E-state index in [0.717, 1.165) is 12.8 Å². The molecule has 0 radical (unpaired) electrons. The fourth-order valence-electron chi connectivity index (χ4n) is 2.72. The van der Waals surface area contributed by atoms with Crippen molar-refractivity contribution in [1.82, 2.24) is 5.32 Å². The Morgan fingerprint density at radius 3 is 2.79 bits per heavy atom. The number of benzene rings is 1. The number of carbonyl (C=O) groups is 1. The molecule has 19 heavy (non-hydrogen) atoms. The maximum Gasteiger partial charge on any atom is 0.251 e. The van der Waals surface area contributed by atoms with Gasteiger partial charge in [-0.15, -0.1) is 0 Å². The third-order valence-corrected chi connectivity index (χ3v) is 4.32. The van der Waals surface area contributed by atoms with Crippen LogP contribution in [0.2, 0.25) is 0 Å². The Hall–Kier alpha value is -1.71. The number of hydrogen-bond acceptors (Lipinski definition) is 3. The van der Waals surface area contributed by atoms with E-state index >= 15 is 0 Å². The number of rotatable bonds is 2. The Kier molecular flexibility index (Phi) is 3.98. The Morgan fingerprint density at radius 2 is 2.11 bits per heavy atom. The smallest absolute Gasteiger partial charge is 0.251 e. The van der Waals surface area contributed by atoms with E-state index in [2.05, 4.69) is 19.2 Å². The van der Waals surface area contributed by atoms with Gasteiger partial charge in [0.05, 0.1) is 5.69 Å². The molecule has 4 nitrogen and oxygen atoms in total. The zero-order valence-electron chi connectivity index (χ0n) is 11.5. The van der Waals surface area contributed by atoms with Crippen molar-refractivity contribution in [2.75, 3.05) is 5.73 Å². The van der Waals surface area contributed by atoms with Crippen molar-refractivity contribution in [2.45, 2.75) is 39.2 Å². The molecule has 1 fully saturated rings. The molecular formula is C15H22N2O2. The molecule has 0 bridgehead atoms. The van der Waals surface area contributed by atoms with Gasteiger partial charge in [-0.25, -0.2) is 0 Å². The zero-order valence-corrected chi connectivity index (χ0v) is 11.5. The second kappa shape index (κ2) is 5.51. The van der Waals surface area contributed by atoms with Gasteiger partial charge in [-0.05, 0) is 36.5 Å².